The number of carbonyl (C=O) groups excluding carboxylic acids is 1. The molecule has 3 heterocycles. The number of aromatic nitrogens is 6. The van der Waals surface area contributed by atoms with E-state index in [2.05, 4.69) is 20.3 Å². The second kappa shape index (κ2) is 7.30. The molecule has 160 valence electrons. The first-order valence-electron chi connectivity index (χ1n) is 8.65. The van der Waals surface area contributed by atoms with E-state index in [0.717, 1.165) is 4.80 Å². The Hall–Kier alpha value is -3.54. The van der Waals surface area contributed by atoms with Gasteiger partial charge in [-0.25, -0.2) is 14.1 Å². The largest absolute Gasteiger partial charge is 0.434 e. The maximum absolute atomic E-state index is 15.8. The van der Waals surface area contributed by atoms with Gasteiger partial charge in [-0.05, 0) is 18.2 Å². The van der Waals surface area contributed by atoms with E-state index in [1.807, 2.05) is 0 Å². The standard InChI is InChI=1S/C18H12ClF4N7O/c19-13-6-10(8-25-16(13)30-26-4-5-27-30)17(20)3-1-2-11(7-17)29-14(18(21,22)23)12(9-28-29)15(24)31/h1-6,8-9H,7H2,(H2,24,31). The molecule has 0 saturated carbocycles. The van der Waals surface area contributed by atoms with Crippen LogP contribution in [-0.2, 0) is 11.8 Å². The van der Waals surface area contributed by atoms with E-state index in [1.54, 1.807) is 0 Å². The summed E-state index contributed by atoms with van der Waals surface area (Å²) in [6.45, 7) is 0. The summed E-state index contributed by atoms with van der Waals surface area (Å²) in [5.74, 6) is -1.14. The molecule has 13 heteroatoms. The number of pyridine rings is 1. The zero-order chi connectivity index (χ0) is 22.4. The molecule has 0 aromatic carbocycles. The minimum Gasteiger partial charge on any atom is -0.365 e. The number of nitrogens with zero attached hydrogens (tertiary/aromatic N) is 6. The summed E-state index contributed by atoms with van der Waals surface area (Å²) in [7, 11) is 0. The number of halogens is 5. The fourth-order valence-electron chi connectivity index (χ4n) is 3.19. The van der Waals surface area contributed by atoms with Crippen molar-refractivity contribution in [2.75, 3.05) is 0 Å². The van der Waals surface area contributed by atoms with Gasteiger partial charge in [0.1, 0.15) is 0 Å². The number of hydrogen-bond donors (Lipinski definition) is 1. The van der Waals surface area contributed by atoms with E-state index in [4.69, 9.17) is 17.3 Å². The van der Waals surface area contributed by atoms with Crippen molar-refractivity contribution in [2.45, 2.75) is 18.3 Å². The van der Waals surface area contributed by atoms with Crippen LogP contribution < -0.4 is 5.73 Å². The van der Waals surface area contributed by atoms with Gasteiger partial charge in [0.05, 0.1) is 29.2 Å². The van der Waals surface area contributed by atoms with Gasteiger partial charge in [0, 0.05) is 23.9 Å². The first kappa shape index (κ1) is 20.7. The van der Waals surface area contributed by atoms with Crippen LogP contribution >= 0.6 is 11.6 Å². The van der Waals surface area contributed by atoms with Crippen LogP contribution in [0.1, 0.15) is 28.0 Å². The molecule has 31 heavy (non-hydrogen) atoms. The third-order valence-electron chi connectivity index (χ3n) is 4.57. The molecule has 3 aromatic rings. The maximum atomic E-state index is 15.8. The highest BCUT2D eigenvalue weighted by atomic mass is 35.5. The van der Waals surface area contributed by atoms with E-state index < -0.39 is 35.4 Å². The van der Waals surface area contributed by atoms with E-state index in [1.165, 1.54) is 42.9 Å². The number of allylic oxidation sites excluding steroid dienone is 4. The summed E-state index contributed by atoms with van der Waals surface area (Å²) in [4.78, 5) is 16.6. The van der Waals surface area contributed by atoms with Crippen LogP contribution in [0.15, 0.2) is 49.1 Å². The minimum absolute atomic E-state index is 0.00564. The second-order valence-corrected chi connectivity index (χ2v) is 6.99. The number of rotatable bonds is 4. The molecule has 2 N–H and O–H groups in total. The monoisotopic (exact) mass is 453 g/mol. The number of nitrogens with two attached hydrogens (primary N) is 1. The zero-order valence-electron chi connectivity index (χ0n) is 15.4. The smallest absolute Gasteiger partial charge is 0.365 e. The van der Waals surface area contributed by atoms with Gasteiger partial charge in [-0.1, -0.05) is 17.7 Å². The molecule has 0 saturated heterocycles. The maximum Gasteiger partial charge on any atom is 0.434 e. The van der Waals surface area contributed by atoms with E-state index in [9.17, 15) is 18.0 Å². The average molecular weight is 454 g/mol. The summed E-state index contributed by atoms with van der Waals surface area (Å²) in [6, 6.07) is 1.29. The van der Waals surface area contributed by atoms with Crippen LogP contribution in [0.25, 0.3) is 11.5 Å². The zero-order valence-corrected chi connectivity index (χ0v) is 16.1. The topological polar surface area (TPSA) is 105 Å². The van der Waals surface area contributed by atoms with Gasteiger partial charge < -0.3 is 5.73 Å². The quantitative estimate of drug-likeness (QED) is 0.610. The molecule has 4 rings (SSSR count). The lowest BCUT2D eigenvalue weighted by Crippen LogP contribution is -2.25. The van der Waals surface area contributed by atoms with Crippen LogP contribution in [0, 0.1) is 0 Å². The molecule has 1 aliphatic carbocycles. The summed E-state index contributed by atoms with van der Waals surface area (Å²) in [5.41, 5.74) is 0.476. The lowest BCUT2D eigenvalue weighted by atomic mass is 9.88. The summed E-state index contributed by atoms with van der Waals surface area (Å²) < 4.78 is 56.9. The highest BCUT2D eigenvalue weighted by Gasteiger charge is 2.42. The van der Waals surface area contributed by atoms with Crippen LogP contribution in [-0.4, -0.2) is 35.7 Å². The molecule has 8 nitrogen and oxygen atoms in total. The van der Waals surface area contributed by atoms with Gasteiger partial charge >= 0.3 is 6.18 Å². The Morgan fingerprint density at radius 2 is 1.90 bits per heavy atom. The molecule has 0 spiro atoms. The molecular weight excluding hydrogens is 442 g/mol. The van der Waals surface area contributed by atoms with Crippen LogP contribution in [0.2, 0.25) is 5.02 Å². The van der Waals surface area contributed by atoms with Crippen molar-refractivity contribution in [3.05, 3.63) is 70.9 Å². The Kier molecular flexibility index (Phi) is 4.88. The third kappa shape index (κ3) is 3.69. The molecular formula is C18H12ClF4N7O. The fourth-order valence-corrected chi connectivity index (χ4v) is 3.43. The Balaban J connectivity index is 1.71. The molecule has 1 aliphatic rings. The molecule has 0 aliphatic heterocycles. The van der Waals surface area contributed by atoms with Gasteiger partial charge in [0.15, 0.2) is 17.2 Å². The molecule has 1 unspecified atom stereocenters. The number of alkyl halides is 4. The Morgan fingerprint density at radius 3 is 2.52 bits per heavy atom. The van der Waals surface area contributed by atoms with Crippen molar-refractivity contribution in [1.82, 2.24) is 29.8 Å². The lowest BCUT2D eigenvalue weighted by molar-refractivity contribution is -0.143. The van der Waals surface area contributed by atoms with Gasteiger partial charge in [-0.15, -0.1) is 4.80 Å². The lowest BCUT2D eigenvalue weighted by Gasteiger charge is -2.27. The Bertz CT molecular complexity index is 1220. The molecule has 0 bridgehead atoms. The van der Waals surface area contributed by atoms with Gasteiger partial charge in [0.2, 0.25) is 0 Å². The van der Waals surface area contributed by atoms with Crippen molar-refractivity contribution < 1.29 is 22.4 Å². The first-order chi connectivity index (χ1) is 14.6. The summed E-state index contributed by atoms with van der Waals surface area (Å²) >= 11 is 6.19. The molecule has 3 aromatic heterocycles. The van der Waals surface area contributed by atoms with E-state index in [-0.39, 0.29) is 22.1 Å². The van der Waals surface area contributed by atoms with Gasteiger partial charge in [-0.3, -0.25) is 4.79 Å². The van der Waals surface area contributed by atoms with Crippen molar-refractivity contribution in [3.8, 4) is 5.82 Å². The number of carbonyl (C=O) groups is 1. The SMILES string of the molecule is NC(=O)c1cnn(C2=CC=CC(F)(c3cnc(-n4nccn4)c(Cl)c3)C2)c1C(F)(F)F. The molecule has 0 radical (unpaired) electrons. The van der Waals surface area contributed by atoms with E-state index >= 15 is 4.39 Å². The highest BCUT2D eigenvalue weighted by molar-refractivity contribution is 6.32. The highest BCUT2D eigenvalue weighted by Crippen LogP contribution is 2.42. The predicted octanol–water partition coefficient (Wildman–Crippen LogP) is 3.30. The number of amides is 1. The summed E-state index contributed by atoms with van der Waals surface area (Å²) in [5, 5.41) is 11.4. The third-order valence-corrected chi connectivity index (χ3v) is 4.85. The van der Waals surface area contributed by atoms with Crippen molar-refractivity contribution in [1.29, 1.82) is 0 Å². The molecule has 1 atom stereocenters. The average Bonchev–Trinajstić information content (AvgIpc) is 3.37. The Morgan fingerprint density at radius 1 is 1.19 bits per heavy atom. The van der Waals surface area contributed by atoms with Crippen LogP contribution in [0.3, 0.4) is 0 Å². The number of primary amides is 1. The van der Waals surface area contributed by atoms with Crippen LogP contribution in [0.5, 0.6) is 0 Å². The second-order valence-electron chi connectivity index (χ2n) is 6.58. The predicted molar refractivity (Wildman–Crippen MR) is 101 cm³/mol. The van der Waals surface area contributed by atoms with E-state index in [0.29, 0.717) is 10.9 Å². The minimum atomic E-state index is -4.94. The number of hydrogen-bond acceptors (Lipinski definition) is 5. The first-order valence-corrected chi connectivity index (χ1v) is 9.03. The van der Waals surface area contributed by atoms with Crippen LogP contribution in [0.4, 0.5) is 17.6 Å². The van der Waals surface area contributed by atoms with Gasteiger partial charge in [-0.2, -0.15) is 28.5 Å². The van der Waals surface area contributed by atoms with Crippen molar-refractivity contribution in [3.63, 3.8) is 0 Å². The Labute approximate surface area is 176 Å². The fraction of sp³-hybridized carbons (Fsp3) is 0.167. The normalized spacial score (nSPS) is 18.8. The van der Waals surface area contributed by atoms with Gasteiger partial charge in [0.25, 0.3) is 5.91 Å². The molecule has 0 fully saturated rings. The van der Waals surface area contributed by atoms with Crippen molar-refractivity contribution >= 4 is 23.2 Å². The molecule has 1 amide bonds. The summed E-state index contributed by atoms with van der Waals surface area (Å²) in [6.07, 6.45) is 2.94. The van der Waals surface area contributed by atoms with Crippen molar-refractivity contribution in [2.24, 2.45) is 5.73 Å².